The van der Waals surface area contributed by atoms with Crippen LogP contribution in [0, 0.1) is 20.8 Å². The molecule has 4 rings (SSSR count). The largest absolute Gasteiger partial charge is 0.478 e. The number of nitrogens with zero attached hydrogens (tertiary/aromatic N) is 3. The second kappa shape index (κ2) is 8.03. The molecule has 0 radical (unpaired) electrons. The monoisotopic (exact) mass is 434 g/mol. The minimum atomic E-state index is -1.01. The van der Waals surface area contributed by atoms with Crippen LogP contribution in [-0.4, -0.2) is 36.8 Å². The highest BCUT2D eigenvalue weighted by Gasteiger charge is 2.20. The first-order valence-corrected chi connectivity index (χ1v) is 10.7. The molecule has 31 heavy (non-hydrogen) atoms. The van der Waals surface area contributed by atoms with Gasteiger partial charge in [-0.3, -0.25) is 9.20 Å². The summed E-state index contributed by atoms with van der Waals surface area (Å²) in [5.41, 5.74) is 5.96. The molecule has 2 aromatic heterocycles. The van der Waals surface area contributed by atoms with Crippen molar-refractivity contribution in [2.45, 2.75) is 38.1 Å². The highest BCUT2D eigenvalue weighted by atomic mass is 32.2. The molecule has 0 fully saturated rings. The molecule has 0 saturated heterocycles. The van der Waals surface area contributed by atoms with Crippen molar-refractivity contribution in [3.8, 4) is 0 Å². The van der Waals surface area contributed by atoms with E-state index in [0.29, 0.717) is 10.8 Å². The second-order valence-corrected chi connectivity index (χ2v) is 8.92. The molecular formula is C23H22N4O3S. The van der Waals surface area contributed by atoms with Crippen LogP contribution in [0.15, 0.2) is 47.6 Å². The normalized spacial score (nSPS) is 12.3. The number of aromatic carboxylic acids is 1. The van der Waals surface area contributed by atoms with Crippen molar-refractivity contribution in [2.24, 2.45) is 0 Å². The van der Waals surface area contributed by atoms with Gasteiger partial charge in [0, 0.05) is 11.1 Å². The summed E-state index contributed by atoms with van der Waals surface area (Å²) in [5, 5.41) is 21.8. The number of benzene rings is 2. The zero-order chi connectivity index (χ0) is 22.3. The molecule has 4 aromatic rings. The second-order valence-electron chi connectivity index (χ2n) is 7.61. The average molecular weight is 435 g/mol. The highest BCUT2D eigenvalue weighted by Crippen LogP contribution is 2.30. The van der Waals surface area contributed by atoms with Crippen molar-refractivity contribution < 1.29 is 14.7 Å². The molecular weight excluding hydrogens is 412 g/mol. The van der Waals surface area contributed by atoms with E-state index >= 15 is 0 Å². The maximum atomic E-state index is 12.7. The summed E-state index contributed by atoms with van der Waals surface area (Å²) in [5.74, 6) is -1.21. The third-order valence-electron chi connectivity index (χ3n) is 5.15. The number of carboxylic acids is 1. The van der Waals surface area contributed by atoms with Crippen LogP contribution in [0.4, 0.5) is 5.69 Å². The van der Waals surface area contributed by atoms with Gasteiger partial charge in [-0.05, 0) is 75.2 Å². The number of carbonyl (C=O) groups is 2. The molecule has 1 amide bonds. The molecule has 0 bridgehead atoms. The summed E-state index contributed by atoms with van der Waals surface area (Å²) in [7, 11) is 0. The van der Waals surface area contributed by atoms with E-state index in [1.165, 1.54) is 29.5 Å². The van der Waals surface area contributed by atoms with Gasteiger partial charge in [0.05, 0.1) is 16.3 Å². The van der Waals surface area contributed by atoms with Gasteiger partial charge in [-0.15, -0.1) is 10.2 Å². The minimum absolute atomic E-state index is 0.170. The fourth-order valence-electron chi connectivity index (χ4n) is 3.64. The quantitative estimate of drug-likeness (QED) is 0.445. The number of carbonyl (C=O) groups excluding carboxylic acids is 1. The summed E-state index contributed by atoms with van der Waals surface area (Å²) in [6, 6.07) is 12.4. The number of aryl methyl sites for hydroxylation is 3. The van der Waals surface area contributed by atoms with Crippen LogP contribution < -0.4 is 5.32 Å². The average Bonchev–Trinajstić information content (AvgIpc) is 3.10. The molecule has 158 valence electrons. The maximum absolute atomic E-state index is 12.7. The zero-order valence-corrected chi connectivity index (χ0v) is 18.4. The number of pyridine rings is 1. The van der Waals surface area contributed by atoms with Crippen molar-refractivity contribution in [3.05, 3.63) is 64.7 Å². The summed E-state index contributed by atoms with van der Waals surface area (Å²) in [6.07, 6.45) is 0. The molecule has 0 aliphatic heterocycles. The summed E-state index contributed by atoms with van der Waals surface area (Å²) >= 11 is 1.33. The molecule has 8 heteroatoms. The molecule has 0 aliphatic rings. The Bertz CT molecular complexity index is 1330. The van der Waals surface area contributed by atoms with E-state index in [9.17, 15) is 9.59 Å². The van der Waals surface area contributed by atoms with Crippen LogP contribution in [0.2, 0.25) is 0 Å². The van der Waals surface area contributed by atoms with Crippen LogP contribution in [0.3, 0.4) is 0 Å². The Kier molecular flexibility index (Phi) is 5.41. The van der Waals surface area contributed by atoms with Gasteiger partial charge in [0.25, 0.3) is 0 Å². The lowest BCUT2D eigenvalue weighted by Gasteiger charge is -2.14. The van der Waals surface area contributed by atoms with Gasteiger partial charge in [-0.2, -0.15) is 0 Å². The van der Waals surface area contributed by atoms with Crippen LogP contribution in [0.25, 0.3) is 16.6 Å². The Morgan fingerprint density at radius 3 is 2.42 bits per heavy atom. The third-order valence-corrected chi connectivity index (χ3v) is 6.19. The molecule has 2 aromatic carbocycles. The summed E-state index contributed by atoms with van der Waals surface area (Å²) in [6.45, 7) is 8.02. The first-order chi connectivity index (χ1) is 14.7. The molecule has 2 heterocycles. The number of nitrogens with one attached hydrogen (secondary N) is 1. The van der Waals surface area contributed by atoms with E-state index in [1.807, 2.05) is 10.5 Å². The Balaban J connectivity index is 1.63. The Morgan fingerprint density at radius 2 is 1.74 bits per heavy atom. The van der Waals surface area contributed by atoms with Crippen LogP contribution in [0.1, 0.15) is 34.0 Å². The fraction of sp³-hybridized carbons (Fsp3) is 0.217. The van der Waals surface area contributed by atoms with Gasteiger partial charge in [0.1, 0.15) is 0 Å². The zero-order valence-electron chi connectivity index (χ0n) is 17.6. The summed E-state index contributed by atoms with van der Waals surface area (Å²) < 4.78 is 2.01. The van der Waals surface area contributed by atoms with E-state index in [1.54, 1.807) is 19.1 Å². The number of carboxylic acid groups (broad SMARTS) is 1. The minimum Gasteiger partial charge on any atom is -0.478 e. The SMILES string of the molecule is Cc1cc(C)c2c(c1)c(C)cc1nnc(SC(C)C(=O)Nc3ccc(C(=O)O)cc3)n12. The van der Waals surface area contributed by atoms with Crippen LogP contribution in [-0.2, 0) is 4.79 Å². The number of fused-ring (bicyclic) bond motifs is 3. The van der Waals surface area contributed by atoms with E-state index in [-0.39, 0.29) is 11.5 Å². The third kappa shape index (κ3) is 3.98. The number of hydrogen-bond donors (Lipinski definition) is 2. The standard InChI is InChI=1S/C23H22N4O3S/c1-12-9-14(3)20-18(10-12)13(2)11-19-25-26-23(27(19)20)31-15(4)21(28)24-17-7-5-16(6-8-17)22(29)30/h5-11,15H,1-4H3,(H,24,28)(H,29,30). The number of rotatable bonds is 5. The Labute approximate surface area is 183 Å². The lowest BCUT2D eigenvalue weighted by molar-refractivity contribution is -0.115. The van der Waals surface area contributed by atoms with Crippen LogP contribution in [0.5, 0.6) is 0 Å². The van der Waals surface area contributed by atoms with Gasteiger partial charge in [-0.1, -0.05) is 23.4 Å². The number of amides is 1. The number of hydrogen-bond acceptors (Lipinski definition) is 5. The topological polar surface area (TPSA) is 96.6 Å². The Hall–Kier alpha value is -3.39. The van der Waals surface area contributed by atoms with E-state index < -0.39 is 11.2 Å². The molecule has 0 spiro atoms. The predicted molar refractivity (Wildman–Crippen MR) is 122 cm³/mol. The molecule has 1 unspecified atom stereocenters. The van der Waals surface area contributed by atoms with E-state index in [2.05, 4.69) is 48.4 Å². The lowest BCUT2D eigenvalue weighted by Crippen LogP contribution is -2.22. The molecule has 0 aliphatic carbocycles. The van der Waals surface area contributed by atoms with E-state index in [4.69, 9.17) is 5.11 Å². The Morgan fingerprint density at radius 1 is 1.03 bits per heavy atom. The van der Waals surface area contributed by atoms with Crippen molar-refractivity contribution in [2.75, 3.05) is 5.32 Å². The molecule has 7 nitrogen and oxygen atoms in total. The van der Waals surface area contributed by atoms with E-state index in [0.717, 1.165) is 27.7 Å². The molecule has 2 N–H and O–H groups in total. The van der Waals surface area contributed by atoms with Crippen molar-refractivity contribution in [3.63, 3.8) is 0 Å². The van der Waals surface area contributed by atoms with Crippen molar-refractivity contribution >= 4 is 45.9 Å². The summed E-state index contributed by atoms with van der Waals surface area (Å²) in [4.78, 5) is 23.7. The van der Waals surface area contributed by atoms with Gasteiger partial charge in [-0.25, -0.2) is 4.79 Å². The predicted octanol–water partition coefficient (Wildman–Crippen LogP) is 4.63. The van der Waals surface area contributed by atoms with Gasteiger partial charge < -0.3 is 10.4 Å². The van der Waals surface area contributed by atoms with Gasteiger partial charge in [0.15, 0.2) is 10.8 Å². The van der Waals surface area contributed by atoms with Gasteiger partial charge in [0.2, 0.25) is 5.91 Å². The van der Waals surface area contributed by atoms with Gasteiger partial charge >= 0.3 is 5.97 Å². The lowest BCUT2D eigenvalue weighted by atomic mass is 10.0. The number of thioether (sulfide) groups is 1. The number of anilines is 1. The first-order valence-electron chi connectivity index (χ1n) is 9.81. The van der Waals surface area contributed by atoms with Crippen molar-refractivity contribution in [1.82, 2.24) is 14.6 Å². The highest BCUT2D eigenvalue weighted by molar-refractivity contribution is 8.00. The fourth-order valence-corrected chi connectivity index (χ4v) is 4.50. The van der Waals surface area contributed by atoms with Crippen molar-refractivity contribution in [1.29, 1.82) is 0 Å². The van der Waals surface area contributed by atoms with Crippen LogP contribution >= 0.6 is 11.8 Å². The maximum Gasteiger partial charge on any atom is 0.335 e. The smallest absolute Gasteiger partial charge is 0.335 e. The molecule has 0 saturated carbocycles. The number of aromatic nitrogens is 3. The first kappa shape index (κ1) is 20.9. The molecule has 1 atom stereocenters.